The predicted octanol–water partition coefficient (Wildman–Crippen LogP) is 0.125. The van der Waals surface area contributed by atoms with E-state index in [0.29, 0.717) is 0 Å². The Labute approximate surface area is 90.2 Å². The first-order valence-electron chi connectivity index (χ1n) is 3.32. The van der Waals surface area contributed by atoms with E-state index < -0.39 is 0 Å². The molecule has 0 atom stereocenters. The molecule has 0 spiro atoms. The van der Waals surface area contributed by atoms with Gasteiger partial charge >= 0.3 is 20.4 Å². The average molecular weight is 265 g/mol. The summed E-state index contributed by atoms with van der Waals surface area (Å²) < 4.78 is 0. The van der Waals surface area contributed by atoms with Gasteiger partial charge in [-0.05, 0) is 25.7 Å². The summed E-state index contributed by atoms with van der Waals surface area (Å²) in [7, 11) is 0. The van der Waals surface area contributed by atoms with Crippen LogP contribution in [0.5, 0.6) is 0 Å². The first-order valence-corrected chi connectivity index (χ1v) is 3.32. The fraction of sp³-hybridized carbons (Fsp3) is 0.444. The molecule has 0 N–H and O–H groups in total. The maximum absolute atomic E-state index is 2.23. The molecule has 11 heavy (non-hydrogen) atoms. The zero-order valence-corrected chi connectivity index (χ0v) is 9.14. The van der Waals surface area contributed by atoms with E-state index in [9.17, 15) is 0 Å². The van der Waals surface area contributed by atoms with Crippen molar-refractivity contribution in [1.29, 1.82) is 0 Å². The van der Waals surface area contributed by atoms with Gasteiger partial charge < -0.3 is 19.8 Å². The van der Waals surface area contributed by atoms with Crippen molar-refractivity contribution in [2.24, 2.45) is 0 Å². The molecule has 0 unspecified atom stereocenters. The van der Waals surface area contributed by atoms with Crippen LogP contribution >= 0.6 is 0 Å². The van der Waals surface area contributed by atoms with Crippen molar-refractivity contribution in [3.63, 3.8) is 0 Å². The molecule has 0 aromatic carbocycles. The van der Waals surface area contributed by atoms with Gasteiger partial charge in [0, 0.05) is 0 Å². The summed E-state index contributed by atoms with van der Waals surface area (Å²) in [5, 5.41) is 0. The number of hydrogen-bond donors (Lipinski definition) is 0. The summed E-state index contributed by atoms with van der Waals surface area (Å²) in [5.74, 6) is 0. The minimum atomic E-state index is 0. The maximum Gasteiger partial charge on any atom is 2.00 e. The molecular formula is C9H15ClPd. The van der Waals surface area contributed by atoms with Crippen molar-refractivity contribution in [3.8, 4) is 0 Å². The van der Waals surface area contributed by atoms with E-state index in [2.05, 4.69) is 24.3 Å². The van der Waals surface area contributed by atoms with Crippen LogP contribution in [0.3, 0.4) is 0 Å². The normalized spacial score (nSPS) is 14.5. The van der Waals surface area contributed by atoms with E-state index >= 15 is 0 Å². The van der Waals surface area contributed by atoms with E-state index in [4.69, 9.17) is 0 Å². The number of allylic oxidation sites excluding steroid dienone is 4. The van der Waals surface area contributed by atoms with Crippen molar-refractivity contribution < 1.29 is 32.8 Å². The number of rotatable bonds is 0. The summed E-state index contributed by atoms with van der Waals surface area (Å²) >= 11 is 0. The molecule has 0 aliphatic heterocycles. The molecule has 2 heteroatoms. The second-order valence-corrected chi connectivity index (χ2v) is 2.14. The minimum Gasteiger partial charge on any atom is -1.00 e. The minimum absolute atomic E-state index is 0. The quantitative estimate of drug-likeness (QED) is 0.431. The second kappa shape index (κ2) is 13.1. The van der Waals surface area contributed by atoms with Crippen LogP contribution in [0.1, 0.15) is 25.7 Å². The van der Waals surface area contributed by atoms with Gasteiger partial charge in [0.2, 0.25) is 0 Å². The molecule has 0 amide bonds. The predicted molar refractivity (Wildman–Crippen MR) is 43.2 cm³/mol. The van der Waals surface area contributed by atoms with Crippen molar-refractivity contribution in [3.05, 3.63) is 31.7 Å². The zero-order chi connectivity index (χ0) is 5.66. The molecule has 0 fully saturated rings. The Morgan fingerprint density at radius 2 is 1.18 bits per heavy atom. The molecule has 1 aliphatic carbocycles. The van der Waals surface area contributed by atoms with Crippen LogP contribution in [-0.4, -0.2) is 0 Å². The molecule has 0 aromatic heterocycles. The molecule has 0 radical (unpaired) electrons. The first kappa shape index (κ1) is 17.5. The molecule has 1 aliphatic rings. The third kappa shape index (κ3) is 10.4. The topological polar surface area (TPSA) is 0 Å². The van der Waals surface area contributed by atoms with Crippen LogP contribution in [0, 0.1) is 7.43 Å². The monoisotopic (exact) mass is 264 g/mol. The number of halogens is 1. The van der Waals surface area contributed by atoms with Crippen LogP contribution in [0.2, 0.25) is 0 Å². The average Bonchev–Trinajstić information content (AvgIpc) is 1.62. The van der Waals surface area contributed by atoms with Crippen molar-refractivity contribution >= 4 is 0 Å². The Bertz CT molecular complexity index is 94.1. The van der Waals surface area contributed by atoms with E-state index in [-0.39, 0.29) is 40.3 Å². The third-order valence-electron chi connectivity index (χ3n) is 1.37. The molecule has 0 bridgehead atoms. The Hall–Kier alpha value is 0.432. The molecule has 0 nitrogen and oxygen atoms in total. The molecule has 0 saturated carbocycles. The van der Waals surface area contributed by atoms with Gasteiger partial charge in [0.1, 0.15) is 0 Å². The SMILES string of the molecule is C1=CCCCCC=C1.[CH3-].[Cl-].[Pd+2]. The number of hydrogen-bond acceptors (Lipinski definition) is 0. The maximum atomic E-state index is 2.23. The van der Waals surface area contributed by atoms with Gasteiger partial charge in [0.25, 0.3) is 0 Å². The van der Waals surface area contributed by atoms with Gasteiger partial charge in [-0.1, -0.05) is 24.3 Å². The summed E-state index contributed by atoms with van der Waals surface area (Å²) in [4.78, 5) is 0. The van der Waals surface area contributed by atoms with Gasteiger partial charge in [-0.2, -0.15) is 0 Å². The van der Waals surface area contributed by atoms with Crippen LogP contribution in [0.25, 0.3) is 0 Å². The zero-order valence-electron chi connectivity index (χ0n) is 6.83. The Morgan fingerprint density at radius 1 is 0.818 bits per heavy atom. The molecule has 0 heterocycles. The van der Waals surface area contributed by atoms with Crippen molar-refractivity contribution in [2.75, 3.05) is 0 Å². The van der Waals surface area contributed by atoms with Crippen molar-refractivity contribution in [2.45, 2.75) is 25.7 Å². The van der Waals surface area contributed by atoms with Crippen LogP contribution < -0.4 is 12.4 Å². The first-order chi connectivity index (χ1) is 4.00. The van der Waals surface area contributed by atoms with Gasteiger partial charge in [-0.3, -0.25) is 0 Å². The van der Waals surface area contributed by atoms with Gasteiger partial charge in [-0.15, -0.1) is 0 Å². The molecular weight excluding hydrogens is 250 g/mol. The Kier molecular flexibility index (Phi) is 20.8. The largest absolute Gasteiger partial charge is 2.00 e. The second-order valence-electron chi connectivity index (χ2n) is 2.14. The van der Waals surface area contributed by atoms with E-state index in [0.717, 1.165) is 0 Å². The Morgan fingerprint density at radius 3 is 1.55 bits per heavy atom. The van der Waals surface area contributed by atoms with Crippen LogP contribution in [0.4, 0.5) is 0 Å². The molecule has 0 aromatic rings. The summed E-state index contributed by atoms with van der Waals surface area (Å²) in [6, 6.07) is 0. The van der Waals surface area contributed by atoms with Gasteiger partial charge in [0.05, 0.1) is 0 Å². The standard InChI is InChI=1S/C8H12.CH3.ClH.Pd/c1-2-4-6-8-7-5-3-1;;;/h1-4H,5-8H2;1H3;1H;/q;-1;;+2/p-1. The third-order valence-corrected chi connectivity index (χ3v) is 1.37. The fourth-order valence-electron chi connectivity index (χ4n) is 0.874. The van der Waals surface area contributed by atoms with Crippen molar-refractivity contribution in [1.82, 2.24) is 0 Å². The van der Waals surface area contributed by atoms with Gasteiger partial charge in [0.15, 0.2) is 0 Å². The summed E-state index contributed by atoms with van der Waals surface area (Å²) in [6.45, 7) is 0. The van der Waals surface area contributed by atoms with Gasteiger partial charge in [-0.25, -0.2) is 0 Å². The van der Waals surface area contributed by atoms with Crippen LogP contribution in [0.15, 0.2) is 24.3 Å². The smallest absolute Gasteiger partial charge is 1.00 e. The Balaban J connectivity index is -0.000000213. The molecule has 68 valence electrons. The summed E-state index contributed by atoms with van der Waals surface area (Å²) in [5.41, 5.74) is 0. The van der Waals surface area contributed by atoms with E-state index in [1.54, 1.807) is 0 Å². The van der Waals surface area contributed by atoms with Crippen LogP contribution in [-0.2, 0) is 20.4 Å². The van der Waals surface area contributed by atoms with E-state index in [1.807, 2.05) is 0 Å². The molecule has 0 saturated heterocycles. The van der Waals surface area contributed by atoms with E-state index in [1.165, 1.54) is 25.7 Å². The molecule has 1 rings (SSSR count). The fourth-order valence-corrected chi connectivity index (χ4v) is 0.874. The summed E-state index contributed by atoms with van der Waals surface area (Å²) in [6.07, 6.45) is 14.0.